The van der Waals surface area contributed by atoms with Gasteiger partial charge in [-0.2, -0.15) is 10.2 Å². The molecule has 2 aromatic carbocycles. The first-order chi connectivity index (χ1) is 15.1. The molecule has 0 aliphatic heterocycles. The highest BCUT2D eigenvalue weighted by Gasteiger charge is 2.23. The number of rotatable bonds is 5. The topological polar surface area (TPSA) is 83.0 Å². The van der Waals surface area contributed by atoms with E-state index in [1.807, 2.05) is 30.3 Å². The zero-order valence-electron chi connectivity index (χ0n) is 16.3. The minimum atomic E-state index is -0.764. The molecule has 0 bridgehead atoms. The van der Waals surface area contributed by atoms with Gasteiger partial charge in [-0.15, -0.1) is 10.2 Å². The van der Waals surface area contributed by atoms with Crippen molar-refractivity contribution in [1.82, 2.24) is 34.6 Å². The first-order valence-electron chi connectivity index (χ1n) is 9.33. The Labute approximate surface area is 174 Å². The fourth-order valence-corrected chi connectivity index (χ4v) is 3.30. The number of nitrogens with zero attached hydrogens (tertiary/aromatic N) is 7. The summed E-state index contributed by atoms with van der Waals surface area (Å²) in [6, 6.07) is 13.0. The molecule has 0 spiro atoms. The number of fused-ring (bicyclic) bond motifs is 1. The van der Waals surface area contributed by atoms with Crippen molar-refractivity contribution in [1.29, 1.82) is 0 Å². The summed E-state index contributed by atoms with van der Waals surface area (Å²) in [5.74, 6) is -0.756. The largest absolute Gasteiger partial charge is 0.468 e. The average molecular weight is 419 g/mol. The predicted molar refractivity (Wildman–Crippen MR) is 107 cm³/mol. The lowest BCUT2D eigenvalue weighted by Crippen LogP contribution is -2.05. The summed E-state index contributed by atoms with van der Waals surface area (Å²) in [6.07, 6.45) is 2.90. The van der Waals surface area contributed by atoms with Crippen LogP contribution in [-0.2, 0) is 13.7 Å². The number of ether oxygens (including phenoxy) is 1. The number of aryl methyl sites for hydroxylation is 1. The minimum Gasteiger partial charge on any atom is -0.468 e. The van der Waals surface area contributed by atoms with Crippen molar-refractivity contribution >= 4 is 5.52 Å². The van der Waals surface area contributed by atoms with E-state index >= 15 is 0 Å². The van der Waals surface area contributed by atoms with Crippen molar-refractivity contribution in [3.05, 3.63) is 78.5 Å². The molecule has 5 aromatic rings. The van der Waals surface area contributed by atoms with Crippen molar-refractivity contribution in [2.75, 3.05) is 0 Å². The van der Waals surface area contributed by atoms with Crippen LogP contribution in [0.2, 0.25) is 0 Å². The number of aromatic nitrogens is 7. The molecule has 154 valence electrons. The molecule has 3 aromatic heterocycles. The van der Waals surface area contributed by atoms with Gasteiger partial charge in [0.15, 0.2) is 11.6 Å². The van der Waals surface area contributed by atoms with Crippen LogP contribution in [0.4, 0.5) is 8.78 Å². The molecule has 0 fully saturated rings. The molecular weight excluding hydrogens is 404 g/mol. The van der Waals surface area contributed by atoms with Crippen molar-refractivity contribution in [2.24, 2.45) is 7.05 Å². The van der Waals surface area contributed by atoms with Gasteiger partial charge in [-0.25, -0.2) is 18.3 Å². The van der Waals surface area contributed by atoms with Crippen LogP contribution in [-0.4, -0.2) is 34.6 Å². The van der Waals surface area contributed by atoms with E-state index in [1.165, 1.54) is 23.1 Å². The molecule has 8 nitrogen and oxygen atoms in total. The molecular formula is C21H15F2N7O. The Morgan fingerprint density at radius 1 is 0.968 bits per heavy atom. The second-order valence-corrected chi connectivity index (χ2v) is 6.70. The Kier molecular flexibility index (Phi) is 4.58. The number of halogens is 2. The van der Waals surface area contributed by atoms with Gasteiger partial charge in [-0.05, 0) is 17.7 Å². The minimum absolute atomic E-state index is 0.0706. The van der Waals surface area contributed by atoms with Crippen LogP contribution < -0.4 is 4.74 Å². The maximum absolute atomic E-state index is 14.5. The lowest BCUT2D eigenvalue weighted by molar-refractivity contribution is 0.278. The second-order valence-electron chi connectivity index (χ2n) is 6.70. The summed E-state index contributed by atoms with van der Waals surface area (Å²) in [5, 5.41) is 16.4. The highest BCUT2D eigenvalue weighted by Crippen LogP contribution is 2.36. The molecule has 0 unspecified atom stereocenters. The second kappa shape index (κ2) is 7.56. The van der Waals surface area contributed by atoms with E-state index in [2.05, 4.69) is 25.4 Å². The Morgan fingerprint density at radius 3 is 2.45 bits per heavy atom. The standard InChI is InChI=1S/C21H15F2N7O/c1-29-17(24-12-26-29)11-31-21-18(13-6-3-2-4-7-13)16-10-25-27-20(30(16)28-21)19-14(22)8-5-9-15(19)23/h2-10,12H,11H2,1H3. The van der Waals surface area contributed by atoms with E-state index in [4.69, 9.17) is 4.74 Å². The molecule has 3 heterocycles. The molecule has 0 saturated carbocycles. The van der Waals surface area contributed by atoms with Crippen LogP contribution in [0.1, 0.15) is 5.82 Å². The molecule has 0 saturated heterocycles. The summed E-state index contributed by atoms with van der Waals surface area (Å²) < 4.78 is 37.8. The maximum Gasteiger partial charge on any atom is 0.242 e. The molecule has 0 amide bonds. The van der Waals surface area contributed by atoms with E-state index in [9.17, 15) is 8.78 Å². The molecule has 0 N–H and O–H groups in total. The molecule has 0 atom stereocenters. The van der Waals surface area contributed by atoms with Gasteiger partial charge in [0.2, 0.25) is 5.88 Å². The van der Waals surface area contributed by atoms with Crippen molar-refractivity contribution in [2.45, 2.75) is 6.61 Å². The monoisotopic (exact) mass is 419 g/mol. The fraction of sp³-hybridized carbons (Fsp3) is 0.0952. The summed E-state index contributed by atoms with van der Waals surface area (Å²) in [5.41, 5.74) is 1.60. The normalized spacial score (nSPS) is 11.2. The van der Waals surface area contributed by atoms with Gasteiger partial charge < -0.3 is 4.74 Å². The van der Waals surface area contributed by atoms with Gasteiger partial charge in [-0.1, -0.05) is 36.4 Å². The highest BCUT2D eigenvalue weighted by molar-refractivity contribution is 5.85. The predicted octanol–water partition coefficient (Wildman–Crippen LogP) is 3.44. The molecule has 5 rings (SSSR count). The lowest BCUT2D eigenvalue weighted by atomic mass is 10.1. The Bertz CT molecular complexity index is 1360. The van der Waals surface area contributed by atoms with Crippen molar-refractivity contribution in [3.8, 4) is 28.4 Å². The molecule has 31 heavy (non-hydrogen) atoms. The van der Waals surface area contributed by atoms with Crippen molar-refractivity contribution < 1.29 is 13.5 Å². The third-order valence-corrected chi connectivity index (χ3v) is 4.81. The van der Waals surface area contributed by atoms with Gasteiger partial charge in [0.25, 0.3) is 0 Å². The first-order valence-corrected chi connectivity index (χ1v) is 9.33. The van der Waals surface area contributed by atoms with Gasteiger partial charge in [0, 0.05) is 7.05 Å². The van der Waals surface area contributed by atoms with Gasteiger partial charge in [0.1, 0.15) is 30.1 Å². The first kappa shape index (κ1) is 18.8. The Morgan fingerprint density at radius 2 is 1.74 bits per heavy atom. The van der Waals surface area contributed by atoms with Gasteiger partial charge in [0.05, 0.1) is 17.3 Å². The summed E-state index contributed by atoms with van der Waals surface area (Å²) in [6.45, 7) is 0.102. The SMILES string of the molecule is Cn1ncnc1COc1nn2c(-c3c(F)cccc3F)nncc2c1-c1ccccc1. The molecule has 0 aliphatic carbocycles. The zero-order valence-corrected chi connectivity index (χ0v) is 16.3. The summed E-state index contributed by atoms with van der Waals surface area (Å²) in [7, 11) is 1.75. The van der Waals surface area contributed by atoms with Crippen LogP contribution in [0.5, 0.6) is 5.88 Å². The smallest absolute Gasteiger partial charge is 0.242 e. The van der Waals surface area contributed by atoms with E-state index in [0.717, 1.165) is 17.7 Å². The Hall–Kier alpha value is -4.21. The molecule has 0 radical (unpaired) electrons. The van der Waals surface area contributed by atoms with Crippen molar-refractivity contribution in [3.63, 3.8) is 0 Å². The number of hydrogen-bond acceptors (Lipinski definition) is 6. The zero-order chi connectivity index (χ0) is 21.4. The van der Waals surface area contributed by atoms with E-state index in [0.29, 0.717) is 16.9 Å². The fourth-order valence-electron chi connectivity index (χ4n) is 3.30. The number of benzene rings is 2. The summed E-state index contributed by atoms with van der Waals surface area (Å²) in [4.78, 5) is 4.14. The van der Waals surface area contributed by atoms with E-state index in [-0.39, 0.29) is 23.9 Å². The third kappa shape index (κ3) is 3.27. The van der Waals surface area contributed by atoms with E-state index in [1.54, 1.807) is 11.7 Å². The average Bonchev–Trinajstić information content (AvgIpc) is 3.36. The number of hydrogen-bond donors (Lipinski definition) is 0. The van der Waals surface area contributed by atoms with Gasteiger partial charge >= 0.3 is 0 Å². The summed E-state index contributed by atoms with van der Waals surface area (Å²) >= 11 is 0. The van der Waals surface area contributed by atoms with Crippen LogP contribution >= 0.6 is 0 Å². The van der Waals surface area contributed by atoms with Gasteiger partial charge in [-0.3, -0.25) is 4.68 Å². The lowest BCUT2D eigenvalue weighted by Gasteiger charge is -2.06. The van der Waals surface area contributed by atoms with Crippen LogP contribution in [0.3, 0.4) is 0 Å². The van der Waals surface area contributed by atoms with E-state index < -0.39 is 11.6 Å². The molecule has 10 heteroatoms. The maximum atomic E-state index is 14.5. The van der Waals surface area contributed by atoms with Crippen LogP contribution in [0.15, 0.2) is 61.1 Å². The molecule has 0 aliphatic rings. The van der Waals surface area contributed by atoms with Crippen LogP contribution in [0, 0.1) is 11.6 Å². The highest BCUT2D eigenvalue weighted by atomic mass is 19.1. The quantitative estimate of drug-likeness (QED) is 0.434. The third-order valence-electron chi connectivity index (χ3n) is 4.81. The van der Waals surface area contributed by atoms with Crippen LogP contribution in [0.25, 0.3) is 28.0 Å². The Balaban J connectivity index is 1.71.